The van der Waals surface area contributed by atoms with Crippen LogP contribution in [-0.2, 0) is 26.4 Å². The SMILES string of the molecule is CCc1nn(C)c(CC)c1CN1CCCC(O)C1. The standard InChI is InChI=1S/C14H25N3O/c1-4-13-12(14(5-2)16(3)15-13)10-17-8-6-7-11(18)9-17/h11,18H,4-10H2,1-3H3. The van der Waals surface area contributed by atoms with Gasteiger partial charge in [-0.1, -0.05) is 13.8 Å². The molecule has 0 aromatic carbocycles. The van der Waals surface area contributed by atoms with Gasteiger partial charge in [0.05, 0.1) is 11.8 Å². The fourth-order valence-electron chi connectivity index (χ4n) is 2.97. The van der Waals surface area contributed by atoms with Gasteiger partial charge in [0.25, 0.3) is 0 Å². The summed E-state index contributed by atoms with van der Waals surface area (Å²) in [6, 6.07) is 0. The average Bonchev–Trinajstić information content (AvgIpc) is 2.65. The molecule has 2 rings (SSSR count). The lowest BCUT2D eigenvalue weighted by Crippen LogP contribution is -2.38. The molecule has 0 spiro atoms. The summed E-state index contributed by atoms with van der Waals surface area (Å²) in [7, 11) is 2.03. The Morgan fingerprint density at radius 2 is 2.11 bits per heavy atom. The minimum Gasteiger partial charge on any atom is -0.392 e. The average molecular weight is 251 g/mol. The number of aromatic nitrogens is 2. The van der Waals surface area contributed by atoms with Crippen LogP contribution in [-0.4, -0.2) is 39.0 Å². The third-order valence-electron chi connectivity index (χ3n) is 3.89. The number of aliphatic hydroxyl groups is 1. The van der Waals surface area contributed by atoms with Crippen LogP contribution >= 0.6 is 0 Å². The molecule has 1 aliphatic rings. The molecule has 18 heavy (non-hydrogen) atoms. The summed E-state index contributed by atoms with van der Waals surface area (Å²) in [5, 5.41) is 14.4. The third-order valence-corrected chi connectivity index (χ3v) is 3.89. The first-order valence-corrected chi connectivity index (χ1v) is 7.09. The molecular formula is C14H25N3O. The summed E-state index contributed by atoms with van der Waals surface area (Å²) in [6.07, 6.45) is 3.91. The molecule has 0 bridgehead atoms. The molecule has 0 aliphatic carbocycles. The first-order valence-electron chi connectivity index (χ1n) is 7.09. The van der Waals surface area contributed by atoms with Crippen molar-refractivity contribution in [3.05, 3.63) is 17.0 Å². The second-order valence-corrected chi connectivity index (χ2v) is 5.23. The lowest BCUT2D eigenvalue weighted by molar-refractivity contribution is 0.0665. The van der Waals surface area contributed by atoms with Crippen LogP contribution in [0, 0.1) is 0 Å². The smallest absolute Gasteiger partial charge is 0.0669 e. The van der Waals surface area contributed by atoms with Gasteiger partial charge in [-0.15, -0.1) is 0 Å². The molecule has 102 valence electrons. The molecule has 0 radical (unpaired) electrons. The summed E-state index contributed by atoms with van der Waals surface area (Å²) in [5.41, 5.74) is 3.94. The van der Waals surface area contributed by atoms with E-state index in [1.54, 1.807) is 0 Å². The lowest BCUT2D eigenvalue weighted by Gasteiger charge is -2.30. The molecule has 0 saturated carbocycles. The molecular weight excluding hydrogens is 226 g/mol. The molecule has 1 fully saturated rings. The Morgan fingerprint density at radius 3 is 2.72 bits per heavy atom. The molecule has 1 N–H and O–H groups in total. The fourth-order valence-corrected chi connectivity index (χ4v) is 2.97. The predicted molar refractivity (Wildman–Crippen MR) is 72.5 cm³/mol. The molecule has 1 aromatic rings. The molecule has 1 atom stereocenters. The molecule has 4 nitrogen and oxygen atoms in total. The Hall–Kier alpha value is -0.870. The van der Waals surface area contributed by atoms with Crippen molar-refractivity contribution in [1.29, 1.82) is 0 Å². The Bertz CT molecular complexity index is 400. The van der Waals surface area contributed by atoms with Gasteiger partial charge in [-0.3, -0.25) is 9.58 Å². The highest BCUT2D eigenvalue weighted by Gasteiger charge is 2.21. The molecule has 2 heterocycles. The first kappa shape index (κ1) is 13.6. The van der Waals surface area contributed by atoms with E-state index < -0.39 is 0 Å². The molecule has 1 unspecified atom stereocenters. The highest BCUT2D eigenvalue weighted by molar-refractivity contribution is 5.26. The number of nitrogens with zero attached hydrogens (tertiary/aromatic N) is 3. The molecule has 0 amide bonds. The highest BCUT2D eigenvalue weighted by atomic mass is 16.3. The fraction of sp³-hybridized carbons (Fsp3) is 0.786. The van der Waals surface area contributed by atoms with Crippen LogP contribution in [0.4, 0.5) is 0 Å². The van der Waals surface area contributed by atoms with E-state index >= 15 is 0 Å². The molecule has 4 heteroatoms. The van der Waals surface area contributed by atoms with Gasteiger partial charge in [0, 0.05) is 31.4 Å². The van der Waals surface area contributed by atoms with Gasteiger partial charge >= 0.3 is 0 Å². The first-order chi connectivity index (χ1) is 8.65. The summed E-state index contributed by atoms with van der Waals surface area (Å²) in [5.74, 6) is 0. The predicted octanol–water partition coefficient (Wildman–Crippen LogP) is 1.50. The number of aryl methyl sites for hydroxylation is 2. The van der Waals surface area contributed by atoms with Crippen molar-refractivity contribution in [2.45, 2.75) is 52.2 Å². The van der Waals surface area contributed by atoms with Gasteiger partial charge in [0.1, 0.15) is 0 Å². The zero-order valence-corrected chi connectivity index (χ0v) is 11.8. The Balaban J connectivity index is 2.16. The van der Waals surface area contributed by atoms with Gasteiger partial charge in [-0.05, 0) is 32.2 Å². The van der Waals surface area contributed by atoms with Crippen molar-refractivity contribution in [3.63, 3.8) is 0 Å². The summed E-state index contributed by atoms with van der Waals surface area (Å²) < 4.78 is 2.02. The monoisotopic (exact) mass is 251 g/mol. The lowest BCUT2D eigenvalue weighted by atomic mass is 10.0. The summed E-state index contributed by atoms with van der Waals surface area (Å²) in [6.45, 7) is 7.19. The van der Waals surface area contributed by atoms with Crippen molar-refractivity contribution in [2.75, 3.05) is 13.1 Å². The molecule has 1 aliphatic heterocycles. The van der Waals surface area contributed by atoms with E-state index in [0.29, 0.717) is 0 Å². The van der Waals surface area contributed by atoms with E-state index in [0.717, 1.165) is 45.3 Å². The van der Waals surface area contributed by atoms with Crippen LogP contribution in [0.1, 0.15) is 43.6 Å². The maximum atomic E-state index is 9.75. The molecule has 1 saturated heterocycles. The van der Waals surface area contributed by atoms with Crippen LogP contribution in [0.5, 0.6) is 0 Å². The van der Waals surface area contributed by atoms with Gasteiger partial charge < -0.3 is 5.11 Å². The van der Waals surface area contributed by atoms with E-state index in [9.17, 15) is 5.11 Å². The van der Waals surface area contributed by atoms with E-state index in [4.69, 9.17) is 0 Å². The topological polar surface area (TPSA) is 41.3 Å². The quantitative estimate of drug-likeness (QED) is 0.882. The van der Waals surface area contributed by atoms with Crippen LogP contribution in [0.25, 0.3) is 0 Å². The normalized spacial score (nSPS) is 21.4. The number of rotatable bonds is 4. The van der Waals surface area contributed by atoms with Gasteiger partial charge in [0.15, 0.2) is 0 Å². The summed E-state index contributed by atoms with van der Waals surface area (Å²) in [4.78, 5) is 2.36. The Labute approximate surface area is 110 Å². The number of likely N-dealkylation sites (tertiary alicyclic amines) is 1. The van der Waals surface area contributed by atoms with E-state index in [1.807, 2.05) is 11.7 Å². The van der Waals surface area contributed by atoms with Crippen LogP contribution in [0.15, 0.2) is 0 Å². The minimum absolute atomic E-state index is 0.148. The van der Waals surface area contributed by atoms with Crippen molar-refractivity contribution >= 4 is 0 Å². The number of aliphatic hydroxyl groups excluding tert-OH is 1. The molecule has 1 aromatic heterocycles. The number of piperidine rings is 1. The van der Waals surface area contributed by atoms with Crippen LogP contribution in [0.3, 0.4) is 0 Å². The van der Waals surface area contributed by atoms with Crippen LogP contribution in [0.2, 0.25) is 0 Å². The summed E-state index contributed by atoms with van der Waals surface area (Å²) >= 11 is 0. The van der Waals surface area contributed by atoms with Crippen molar-refractivity contribution in [2.24, 2.45) is 7.05 Å². The van der Waals surface area contributed by atoms with Crippen molar-refractivity contribution < 1.29 is 5.11 Å². The van der Waals surface area contributed by atoms with Gasteiger partial charge in [-0.25, -0.2) is 0 Å². The Morgan fingerprint density at radius 1 is 1.33 bits per heavy atom. The van der Waals surface area contributed by atoms with Crippen molar-refractivity contribution in [1.82, 2.24) is 14.7 Å². The van der Waals surface area contributed by atoms with Crippen LogP contribution < -0.4 is 0 Å². The highest BCUT2D eigenvalue weighted by Crippen LogP contribution is 2.20. The number of hydrogen-bond donors (Lipinski definition) is 1. The van der Waals surface area contributed by atoms with E-state index in [-0.39, 0.29) is 6.10 Å². The Kier molecular flexibility index (Phi) is 4.40. The third kappa shape index (κ3) is 2.75. The van der Waals surface area contributed by atoms with Gasteiger partial charge in [0.2, 0.25) is 0 Å². The largest absolute Gasteiger partial charge is 0.392 e. The van der Waals surface area contributed by atoms with E-state index in [1.165, 1.54) is 17.0 Å². The van der Waals surface area contributed by atoms with Crippen molar-refractivity contribution in [3.8, 4) is 0 Å². The maximum Gasteiger partial charge on any atom is 0.0669 e. The second kappa shape index (κ2) is 5.85. The zero-order chi connectivity index (χ0) is 13.1. The number of β-amino-alcohol motifs (C(OH)–C–C–N with tert-alkyl or cyclic N) is 1. The maximum absolute atomic E-state index is 9.75. The number of hydrogen-bond acceptors (Lipinski definition) is 3. The minimum atomic E-state index is -0.148. The van der Waals surface area contributed by atoms with E-state index in [2.05, 4.69) is 23.8 Å². The van der Waals surface area contributed by atoms with Gasteiger partial charge in [-0.2, -0.15) is 5.10 Å². The second-order valence-electron chi connectivity index (χ2n) is 5.23. The zero-order valence-electron chi connectivity index (χ0n) is 11.8.